The Kier molecular flexibility index (Phi) is 8.73. The molecule has 0 radical (unpaired) electrons. The highest BCUT2D eigenvalue weighted by Crippen LogP contribution is 2.46. The Labute approximate surface area is 207 Å². The predicted molar refractivity (Wildman–Crippen MR) is 138 cm³/mol. The molecule has 33 heavy (non-hydrogen) atoms. The Morgan fingerprint density at radius 3 is 2.67 bits per heavy atom. The van der Waals surface area contributed by atoms with Crippen LogP contribution in [-0.4, -0.2) is 35.0 Å². The minimum atomic E-state index is -1.23. The van der Waals surface area contributed by atoms with Crippen LogP contribution < -0.4 is 15.0 Å². The van der Waals surface area contributed by atoms with Crippen molar-refractivity contribution < 1.29 is 19.2 Å². The molecule has 178 valence electrons. The molecular weight excluding hydrogens is 504 g/mol. The topological polar surface area (TPSA) is 84.9 Å². The van der Waals surface area contributed by atoms with Crippen LogP contribution in [0.4, 0.5) is 17.1 Å². The first-order chi connectivity index (χ1) is 15.8. The normalized spacial score (nSPS) is 20.4. The lowest BCUT2D eigenvalue weighted by Gasteiger charge is -2.35. The highest BCUT2D eigenvalue weighted by atomic mass is 79.9. The summed E-state index contributed by atoms with van der Waals surface area (Å²) in [5.74, 6) is -0.0832. The van der Waals surface area contributed by atoms with Crippen LogP contribution in [0.3, 0.4) is 0 Å². The molecule has 3 rings (SSSR count). The van der Waals surface area contributed by atoms with Crippen molar-refractivity contribution in [2.24, 2.45) is 5.41 Å². The first-order valence-corrected chi connectivity index (χ1v) is 13.3. The molecule has 1 heterocycles. The number of anilines is 3. The minimum absolute atomic E-state index is 0.0850. The van der Waals surface area contributed by atoms with E-state index in [0.717, 1.165) is 61.6 Å². The number of ether oxygens (including phenoxy) is 1. The number of nitrogens with zero attached hydrogens (tertiary/aromatic N) is 1. The number of nitrogens with one attached hydrogen (secondary N) is 1. The number of carboxylic acid groups (broad SMARTS) is 1. The lowest BCUT2D eigenvalue weighted by molar-refractivity contribution is -0.131. The molecule has 2 unspecified atom stereocenters. The molecule has 0 bridgehead atoms. The molecule has 0 saturated heterocycles. The zero-order chi connectivity index (χ0) is 24.0. The molecule has 1 aliphatic rings. The van der Waals surface area contributed by atoms with E-state index < -0.39 is 17.1 Å². The molecule has 0 saturated carbocycles. The molecule has 2 atom stereocenters. The van der Waals surface area contributed by atoms with E-state index in [1.165, 1.54) is 0 Å². The zero-order valence-corrected chi connectivity index (χ0v) is 21.7. The van der Waals surface area contributed by atoms with Crippen molar-refractivity contribution in [2.45, 2.75) is 44.4 Å². The van der Waals surface area contributed by atoms with E-state index in [1.807, 2.05) is 25.2 Å². The SMILES string of the molecule is CCCCC1(CC)CN(c2ccc(NC)cc2)c2cc(Br)c(O/C=C/C(=O)O)cc2[S+]([O-])C1. The zero-order valence-electron chi connectivity index (χ0n) is 19.3. The van der Waals surface area contributed by atoms with Gasteiger partial charge in [-0.25, -0.2) is 4.79 Å². The van der Waals surface area contributed by atoms with E-state index in [0.29, 0.717) is 20.9 Å². The van der Waals surface area contributed by atoms with E-state index in [9.17, 15) is 9.35 Å². The van der Waals surface area contributed by atoms with Gasteiger partial charge < -0.3 is 24.6 Å². The molecule has 2 N–H and O–H groups in total. The van der Waals surface area contributed by atoms with Gasteiger partial charge in [0, 0.05) is 36.4 Å². The summed E-state index contributed by atoms with van der Waals surface area (Å²) in [4.78, 5) is 13.8. The third kappa shape index (κ3) is 6.05. The average Bonchev–Trinajstić information content (AvgIpc) is 2.92. The Bertz CT molecular complexity index is 999. The summed E-state index contributed by atoms with van der Waals surface area (Å²) in [6.07, 6.45) is 6.18. The third-order valence-corrected chi connectivity index (χ3v) is 8.48. The van der Waals surface area contributed by atoms with E-state index in [2.05, 4.69) is 52.1 Å². The number of benzene rings is 2. The summed E-state index contributed by atoms with van der Waals surface area (Å²) in [6, 6.07) is 11.9. The van der Waals surface area contributed by atoms with Gasteiger partial charge in [0.25, 0.3) is 0 Å². The highest BCUT2D eigenvalue weighted by Gasteiger charge is 2.41. The molecular formula is C25H31BrN2O4S. The molecule has 2 aromatic carbocycles. The summed E-state index contributed by atoms with van der Waals surface area (Å²) in [7, 11) is 1.89. The van der Waals surface area contributed by atoms with Crippen molar-refractivity contribution >= 4 is 50.1 Å². The second kappa shape index (κ2) is 11.3. The molecule has 0 aromatic heterocycles. The number of rotatable bonds is 9. The quantitative estimate of drug-likeness (QED) is 0.222. The molecule has 1 aliphatic heterocycles. The molecule has 2 aromatic rings. The maximum atomic E-state index is 13.7. The Morgan fingerprint density at radius 1 is 1.33 bits per heavy atom. The van der Waals surface area contributed by atoms with Crippen molar-refractivity contribution in [3.8, 4) is 5.75 Å². The van der Waals surface area contributed by atoms with Gasteiger partial charge >= 0.3 is 5.97 Å². The molecule has 0 amide bonds. The summed E-state index contributed by atoms with van der Waals surface area (Å²) < 4.78 is 19.9. The van der Waals surface area contributed by atoms with Gasteiger partial charge in [-0.1, -0.05) is 26.7 Å². The van der Waals surface area contributed by atoms with Crippen molar-refractivity contribution in [1.29, 1.82) is 0 Å². The van der Waals surface area contributed by atoms with Crippen LogP contribution >= 0.6 is 15.9 Å². The van der Waals surface area contributed by atoms with Gasteiger partial charge in [0.2, 0.25) is 0 Å². The minimum Gasteiger partial charge on any atom is -0.611 e. The van der Waals surface area contributed by atoms with Crippen LogP contribution in [0.2, 0.25) is 0 Å². The molecule has 6 nitrogen and oxygen atoms in total. The maximum Gasteiger partial charge on any atom is 0.331 e. The second-order valence-electron chi connectivity index (χ2n) is 8.34. The second-order valence-corrected chi connectivity index (χ2v) is 10.6. The number of hydrogen-bond donors (Lipinski definition) is 2. The van der Waals surface area contributed by atoms with Gasteiger partial charge in [0.1, 0.15) is 11.5 Å². The lowest BCUT2D eigenvalue weighted by Crippen LogP contribution is -2.37. The van der Waals surface area contributed by atoms with E-state index in [1.54, 1.807) is 6.07 Å². The smallest absolute Gasteiger partial charge is 0.331 e. The van der Waals surface area contributed by atoms with Crippen LogP contribution in [-0.2, 0) is 16.0 Å². The number of fused-ring (bicyclic) bond motifs is 1. The van der Waals surface area contributed by atoms with Gasteiger partial charge in [-0.3, -0.25) is 0 Å². The fourth-order valence-corrected chi connectivity index (χ4v) is 6.34. The van der Waals surface area contributed by atoms with Gasteiger partial charge in [0.15, 0.2) is 4.90 Å². The van der Waals surface area contributed by atoms with E-state index in [4.69, 9.17) is 9.84 Å². The van der Waals surface area contributed by atoms with Crippen LogP contribution in [0.1, 0.15) is 39.5 Å². The molecule has 0 fully saturated rings. The highest BCUT2D eigenvalue weighted by molar-refractivity contribution is 9.10. The monoisotopic (exact) mass is 534 g/mol. The third-order valence-electron chi connectivity index (χ3n) is 6.16. The van der Waals surface area contributed by atoms with Gasteiger partial charge in [-0.15, -0.1) is 0 Å². The molecule has 0 aliphatic carbocycles. The van der Waals surface area contributed by atoms with Gasteiger partial charge in [-0.05, 0) is 70.3 Å². The maximum absolute atomic E-state index is 13.7. The van der Waals surface area contributed by atoms with E-state index in [-0.39, 0.29) is 5.41 Å². The first kappa shape index (κ1) is 25.5. The van der Waals surface area contributed by atoms with Crippen LogP contribution in [0.15, 0.2) is 58.1 Å². The lowest BCUT2D eigenvalue weighted by atomic mass is 9.81. The Balaban J connectivity index is 2.11. The first-order valence-electron chi connectivity index (χ1n) is 11.2. The van der Waals surface area contributed by atoms with Crippen LogP contribution in [0, 0.1) is 5.41 Å². The fraction of sp³-hybridized carbons (Fsp3) is 0.400. The molecule has 8 heteroatoms. The largest absolute Gasteiger partial charge is 0.611 e. The summed E-state index contributed by atoms with van der Waals surface area (Å²) in [6.45, 7) is 5.14. The number of halogens is 1. The Morgan fingerprint density at radius 2 is 2.06 bits per heavy atom. The van der Waals surface area contributed by atoms with E-state index >= 15 is 0 Å². The predicted octanol–water partition coefficient (Wildman–Crippen LogP) is 6.31. The van der Waals surface area contributed by atoms with Gasteiger partial charge in [-0.2, -0.15) is 0 Å². The summed E-state index contributed by atoms with van der Waals surface area (Å²) >= 11 is 2.32. The number of unbranched alkanes of at least 4 members (excludes halogenated alkanes) is 1. The van der Waals surface area contributed by atoms with Crippen molar-refractivity contribution in [2.75, 3.05) is 29.6 Å². The van der Waals surface area contributed by atoms with Crippen molar-refractivity contribution in [1.82, 2.24) is 0 Å². The fourth-order valence-electron chi connectivity index (χ4n) is 4.13. The summed E-state index contributed by atoms with van der Waals surface area (Å²) in [5, 5.41) is 12.0. The standard InChI is InChI=1S/C25H31BrN2O4S/c1-4-6-12-25(5-2)16-28(19-9-7-18(27-3)8-10-19)21-14-20(26)22(32-13-11-24(29)30)15-23(21)33(31)17-25/h7-11,13-15,27H,4-6,12,16-17H2,1-3H3,(H,29,30)/b13-11+. The number of carbonyl (C=O) groups is 1. The van der Waals surface area contributed by atoms with Crippen LogP contribution in [0.5, 0.6) is 5.75 Å². The molecule has 0 spiro atoms. The summed E-state index contributed by atoms with van der Waals surface area (Å²) in [5.41, 5.74) is 2.85. The Hall–Kier alpha value is -2.16. The van der Waals surface area contributed by atoms with Crippen molar-refractivity contribution in [3.05, 3.63) is 53.2 Å². The van der Waals surface area contributed by atoms with Crippen LogP contribution in [0.25, 0.3) is 0 Å². The average molecular weight is 536 g/mol. The van der Waals surface area contributed by atoms with Crippen molar-refractivity contribution in [3.63, 3.8) is 0 Å². The number of carboxylic acids is 1. The number of hydrogen-bond acceptors (Lipinski definition) is 5. The number of aliphatic carboxylic acids is 1. The van der Waals surface area contributed by atoms with Gasteiger partial charge in [0.05, 0.1) is 22.5 Å².